The molecule has 2 atom stereocenters. The fraction of sp³-hybridized carbons (Fsp3) is 0.516. The van der Waals surface area contributed by atoms with Gasteiger partial charge in [-0.3, -0.25) is 14.7 Å². The molecule has 2 saturated heterocycles. The first-order valence-electron chi connectivity index (χ1n) is 14.2. The van der Waals surface area contributed by atoms with Crippen LogP contribution in [0.5, 0.6) is 11.5 Å². The minimum Gasteiger partial charge on any atom is -0.496 e. The molecule has 2 fully saturated rings. The highest BCUT2D eigenvalue weighted by Crippen LogP contribution is 2.38. The molecule has 0 N–H and O–H groups in total. The second kappa shape index (κ2) is 12.1. The first kappa shape index (κ1) is 26.3. The molecule has 4 aliphatic heterocycles. The highest BCUT2D eigenvalue weighted by atomic mass is 16.6. The molecule has 4 heterocycles. The number of hydrogen-bond acceptors (Lipinski definition) is 8. The summed E-state index contributed by atoms with van der Waals surface area (Å²) < 4.78 is 17.6. The van der Waals surface area contributed by atoms with Gasteiger partial charge in [0.25, 0.3) is 0 Å². The maximum Gasteiger partial charge on any atom is 0.151 e. The predicted molar refractivity (Wildman–Crippen MR) is 152 cm³/mol. The standard InChI is InChI=1S/C31H40N4O4/c1-23(16-24-6-4-3-5-7-24)19-33-8-10-34(11-9-33)21-30-27-22-38-29-17-25(20-35-12-14-37-15-13-35)28(36-2)18-26(29)31(27)32-39-30/h3-7,16-18,27,30H,8-15,19-22H2,1-2H3/b23-16+. The number of hydrogen-bond donors (Lipinski definition) is 0. The van der Waals surface area contributed by atoms with Crippen LogP contribution >= 0.6 is 0 Å². The third-order valence-electron chi connectivity index (χ3n) is 8.25. The smallest absolute Gasteiger partial charge is 0.151 e. The minimum absolute atomic E-state index is 0.0124. The van der Waals surface area contributed by atoms with Crippen molar-refractivity contribution in [2.24, 2.45) is 11.1 Å². The Morgan fingerprint density at radius 1 is 1.00 bits per heavy atom. The Morgan fingerprint density at radius 2 is 1.77 bits per heavy atom. The van der Waals surface area contributed by atoms with E-state index in [1.807, 2.05) is 0 Å². The molecule has 2 unspecified atom stereocenters. The van der Waals surface area contributed by atoms with Crippen molar-refractivity contribution >= 4 is 11.8 Å². The Morgan fingerprint density at radius 3 is 2.54 bits per heavy atom. The third kappa shape index (κ3) is 6.14. The Hall–Kier alpha value is -2.91. The average Bonchev–Trinajstić information content (AvgIpc) is 3.37. The molecule has 0 aliphatic carbocycles. The van der Waals surface area contributed by atoms with Gasteiger partial charge in [0, 0.05) is 70.0 Å². The van der Waals surface area contributed by atoms with Gasteiger partial charge in [-0.05, 0) is 24.6 Å². The van der Waals surface area contributed by atoms with Gasteiger partial charge in [-0.2, -0.15) is 0 Å². The summed E-state index contributed by atoms with van der Waals surface area (Å²) in [5.41, 5.74) is 5.80. The number of rotatable bonds is 8. The first-order valence-corrected chi connectivity index (χ1v) is 14.2. The van der Waals surface area contributed by atoms with E-state index in [9.17, 15) is 0 Å². The first-order chi connectivity index (χ1) is 19.2. The summed E-state index contributed by atoms with van der Waals surface area (Å²) in [6.45, 7) is 13.2. The van der Waals surface area contributed by atoms with E-state index in [-0.39, 0.29) is 12.0 Å². The summed E-state index contributed by atoms with van der Waals surface area (Å²) in [5.74, 6) is 1.90. The van der Waals surface area contributed by atoms with E-state index in [1.54, 1.807) is 7.11 Å². The van der Waals surface area contributed by atoms with Crippen molar-refractivity contribution in [3.8, 4) is 11.5 Å². The van der Waals surface area contributed by atoms with Crippen LogP contribution in [0.2, 0.25) is 0 Å². The topological polar surface area (TPSA) is 59.0 Å². The number of ether oxygens (including phenoxy) is 3. The molecule has 8 heteroatoms. The SMILES string of the molecule is COc1cc2c(cc1CN1CCOCC1)OCC1C2=NOC1CN1CCN(C/C(C)=C/c2ccccc2)CC1. The maximum absolute atomic E-state index is 6.30. The monoisotopic (exact) mass is 532 g/mol. The summed E-state index contributed by atoms with van der Waals surface area (Å²) in [7, 11) is 1.74. The van der Waals surface area contributed by atoms with E-state index in [0.717, 1.165) is 100 Å². The molecule has 6 rings (SSSR count). The predicted octanol–water partition coefficient (Wildman–Crippen LogP) is 3.36. The van der Waals surface area contributed by atoms with Crippen LogP contribution in [-0.2, 0) is 16.1 Å². The highest BCUT2D eigenvalue weighted by molar-refractivity contribution is 6.06. The molecule has 0 saturated carbocycles. The van der Waals surface area contributed by atoms with Crippen LogP contribution in [0.15, 0.2) is 53.2 Å². The molecule has 0 bridgehead atoms. The molecular weight excluding hydrogens is 492 g/mol. The average molecular weight is 533 g/mol. The number of nitrogens with zero attached hydrogens (tertiary/aromatic N) is 4. The van der Waals surface area contributed by atoms with Gasteiger partial charge in [0.05, 0.1) is 26.2 Å². The van der Waals surface area contributed by atoms with Gasteiger partial charge in [0.1, 0.15) is 23.8 Å². The van der Waals surface area contributed by atoms with Crippen molar-refractivity contribution in [2.45, 2.75) is 19.6 Å². The van der Waals surface area contributed by atoms with Gasteiger partial charge in [-0.1, -0.05) is 47.1 Å². The lowest BCUT2D eigenvalue weighted by Gasteiger charge is -2.36. The molecule has 0 aromatic heterocycles. The Kier molecular flexibility index (Phi) is 8.16. The van der Waals surface area contributed by atoms with Gasteiger partial charge in [-0.15, -0.1) is 0 Å². The van der Waals surface area contributed by atoms with Crippen molar-refractivity contribution in [1.29, 1.82) is 0 Å². The number of methoxy groups -OCH3 is 1. The number of piperazine rings is 1. The van der Waals surface area contributed by atoms with Crippen LogP contribution in [0.3, 0.4) is 0 Å². The van der Waals surface area contributed by atoms with Gasteiger partial charge in [-0.25, -0.2) is 0 Å². The van der Waals surface area contributed by atoms with E-state index in [2.05, 4.69) is 75.3 Å². The van der Waals surface area contributed by atoms with Gasteiger partial charge in [0.15, 0.2) is 6.10 Å². The summed E-state index contributed by atoms with van der Waals surface area (Å²) >= 11 is 0. The lowest BCUT2D eigenvalue weighted by molar-refractivity contribution is 0.0101. The number of morpholine rings is 1. The molecule has 208 valence electrons. The van der Waals surface area contributed by atoms with Crippen molar-refractivity contribution in [2.75, 3.05) is 79.3 Å². The quantitative estimate of drug-likeness (QED) is 0.517. The van der Waals surface area contributed by atoms with Gasteiger partial charge in [0.2, 0.25) is 0 Å². The normalized spacial score (nSPS) is 24.4. The zero-order valence-corrected chi connectivity index (χ0v) is 23.2. The van der Waals surface area contributed by atoms with Crippen LogP contribution in [-0.4, -0.2) is 106 Å². The second-order valence-electron chi connectivity index (χ2n) is 11.1. The summed E-state index contributed by atoms with van der Waals surface area (Å²) in [5, 5.41) is 4.57. The van der Waals surface area contributed by atoms with Gasteiger partial charge < -0.3 is 19.0 Å². The Bertz CT molecular complexity index is 1190. The summed E-state index contributed by atoms with van der Waals surface area (Å²) in [4.78, 5) is 13.5. The van der Waals surface area contributed by atoms with Crippen molar-refractivity contribution in [3.05, 3.63) is 64.7 Å². The molecule has 2 aromatic rings. The molecule has 39 heavy (non-hydrogen) atoms. The fourth-order valence-electron chi connectivity index (χ4n) is 6.07. The van der Waals surface area contributed by atoms with E-state index in [0.29, 0.717) is 6.61 Å². The lowest BCUT2D eigenvalue weighted by Crippen LogP contribution is -2.50. The lowest BCUT2D eigenvalue weighted by atomic mass is 9.89. The van der Waals surface area contributed by atoms with Crippen LogP contribution in [0.1, 0.15) is 23.6 Å². The molecule has 2 aromatic carbocycles. The van der Waals surface area contributed by atoms with Crippen LogP contribution in [0, 0.1) is 5.92 Å². The van der Waals surface area contributed by atoms with Gasteiger partial charge >= 0.3 is 0 Å². The fourth-order valence-corrected chi connectivity index (χ4v) is 6.07. The van der Waals surface area contributed by atoms with Crippen molar-refractivity contribution < 1.29 is 19.0 Å². The number of oxime groups is 1. The summed E-state index contributed by atoms with van der Waals surface area (Å²) in [6.07, 6.45) is 2.30. The Balaban J connectivity index is 1.04. The zero-order valence-electron chi connectivity index (χ0n) is 23.2. The molecule has 4 aliphatic rings. The summed E-state index contributed by atoms with van der Waals surface area (Å²) in [6, 6.07) is 14.8. The molecule has 0 radical (unpaired) electrons. The van der Waals surface area contributed by atoms with Crippen molar-refractivity contribution in [3.63, 3.8) is 0 Å². The van der Waals surface area contributed by atoms with Crippen LogP contribution in [0.4, 0.5) is 0 Å². The maximum atomic E-state index is 6.30. The zero-order chi connectivity index (χ0) is 26.6. The van der Waals surface area contributed by atoms with E-state index in [4.69, 9.17) is 19.0 Å². The van der Waals surface area contributed by atoms with Crippen LogP contribution in [0.25, 0.3) is 6.08 Å². The van der Waals surface area contributed by atoms with Crippen LogP contribution < -0.4 is 9.47 Å². The second-order valence-corrected chi connectivity index (χ2v) is 11.1. The van der Waals surface area contributed by atoms with E-state index >= 15 is 0 Å². The molecular formula is C31H40N4O4. The minimum atomic E-state index is 0.0124. The number of fused-ring (bicyclic) bond motifs is 3. The molecule has 0 amide bonds. The van der Waals surface area contributed by atoms with E-state index < -0.39 is 0 Å². The van der Waals surface area contributed by atoms with Crippen molar-refractivity contribution in [1.82, 2.24) is 14.7 Å². The Labute approximate surface area is 231 Å². The molecule has 0 spiro atoms. The van der Waals surface area contributed by atoms with E-state index in [1.165, 1.54) is 11.1 Å². The molecule has 8 nitrogen and oxygen atoms in total. The number of benzene rings is 2. The highest BCUT2D eigenvalue weighted by Gasteiger charge is 2.41. The largest absolute Gasteiger partial charge is 0.496 e. The third-order valence-corrected chi connectivity index (χ3v) is 8.25.